The summed E-state index contributed by atoms with van der Waals surface area (Å²) in [6, 6.07) is 8.51. The second-order valence-electron chi connectivity index (χ2n) is 8.22. The van der Waals surface area contributed by atoms with Crippen LogP contribution in [0.1, 0.15) is 40.0 Å². The van der Waals surface area contributed by atoms with Crippen LogP contribution in [0, 0.1) is 33.5 Å². The van der Waals surface area contributed by atoms with Crippen molar-refractivity contribution >= 4 is 27.8 Å². The smallest absolute Gasteiger partial charge is 0.339 e. The molecule has 2 aromatic carbocycles. The zero-order valence-electron chi connectivity index (χ0n) is 18.7. The predicted molar refractivity (Wildman–Crippen MR) is 123 cm³/mol. The van der Waals surface area contributed by atoms with Gasteiger partial charge in [-0.2, -0.15) is 0 Å². The number of fused-ring (bicyclic) bond motifs is 2. The lowest BCUT2D eigenvalue weighted by atomic mass is 9.98. The van der Waals surface area contributed by atoms with E-state index in [-0.39, 0.29) is 24.6 Å². The Balaban J connectivity index is 1.52. The van der Waals surface area contributed by atoms with E-state index in [0.29, 0.717) is 29.7 Å². The molecule has 5 nitrogen and oxygen atoms in total. The van der Waals surface area contributed by atoms with Crippen LogP contribution in [0.5, 0.6) is 0 Å². The Morgan fingerprint density at radius 1 is 0.938 bits per heavy atom. The molecule has 0 aliphatic carbocycles. The number of amides is 1. The number of benzene rings is 2. The molecule has 0 aliphatic rings. The largest absolute Gasteiger partial charge is 0.461 e. The molecule has 1 N–H and O–H groups in total. The third-order valence-corrected chi connectivity index (χ3v) is 6.22. The maximum absolute atomic E-state index is 13.7. The summed E-state index contributed by atoms with van der Waals surface area (Å²) in [5.74, 6) is 0.373. The summed E-state index contributed by atoms with van der Waals surface area (Å²) in [4.78, 5) is 25.0. The molecule has 166 valence electrons. The van der Waals surface area contributed by atoms with Crippen molar-refractivity contribution < 1.29 is 18.0 Å². The maximum atomic E-state index is 13.7. The summed E-state index contributed by atoms with van der Waals surface area (Å²) in [6.45, 7) is 8.03. The molecule has 0 unspecified atom stereocenters. The minimum atomic E-state index is -0.434. The molecular weight excluding hydrogens is 409 g/mol. The van der Waals surface area contributed by atoms with Crippen LogP contribution in [0.3, 0.4) is 0 Å². The first-order valence-corrected chi connectivity index (χ1v) is 10.7. The fourth-order valence-corrected chi connectivity index (χ4v) is 4.15. The minimum Gasteiger partial charge on any atom is -0.461 e. The van der Waals surface area contributed by atoms with Crippen LogP contribution in [-0.4, -0.2) is 12.5 Å². The third-order valence-electron chi connectivity index (χ3n) is 6.22. The SMILES string of the molecule is Cc1oc2c(C)c3oc(=O)c(CCC(=O)NCCc4ccccc4F)c(C)c3cc2c1C. The maximum Gasteiger partial charge on any atom is 0.339 e. The van der Waals surface area contributed by atoms with Gasteiger partial charge in [-0.3, -0.25) is 4.79 Å². The molecule has 32 heavy (non-hydrogen) atoms. The van der Waals surface area contributed by atoms with Crippen molar-refractivity contribution in [3.63, 3.8) is 0 Å². The molecule has 0 saturated carbocycles. The molecular formula is C26H26FNO4. The van der Waals surface area contributed by atoms with Crippen molar-refractivity contribution in [2.24, 2.45) is 0 Å². The van der Waals surface area contributed by atoms with Crippen LogP contribution in [0.15, 0.2) is 44.0 Å². The molecule has 0 saturated heterocycles. The van der Waals surface area contributed by atoms with E-state index in [9.17, 15) is 14.0 Å². The molecule has 0 radical (unpaired) electrons. The van der Waals surface area contributed by atoms with Crippen LogP contribution < -0.4 is 10.9 Å². The number of hydrogen-bond donors (Lipinski definition) is 1. The molecule has 0 atom stereocenters. The van der Waals surface area contributed by atoms with Crippen molar-refractivity contribution in [2.75, 3.05) is 6.54 Å². The van der Waals surface area contributed by atoms with Gasteiger partial charge in [0.15, 0.2) is 0 Å². The number of aryl methyl sites for hydroxylation is 4. The molecule has 0 bridgehead atoms. The lowest BCUT2D eigenvalue weighted by Crippen LogP contribution is -2.26. The van der Waals surface area contributed by atoms with Gasteiger partial charge in [0.2, 0.25) is 5.91 Å². The first-order chi connectivity index (χ1) is 15.3. The van der Waals surface area contributed by atoms with Gasteiger partial charge in [0.05, 0.1) is 0 Å². The van der Waals surface area contributed by atoms with Crippen LogP contribution >= 0.6 is 0 Å². The van der Waals surface area contributed by atoms with Crippen LogP contribution in [0.2, 0.25) is 0 Å². The second-order valence-corrected chi connectivity index (χ2v) is 8.22. The Bertz CT molecular complexity index is 1400. The van der Waals surface area contributed by atoms with Crippen molar-refractivity contribution in [3.05, 3.63) is 80.1 Å². The summed E-state index contributed by atoms with van der Waals surface area (Å²) in [7, 11) is 0. The minimum absolute atomic E-state index is 0.152. The van der Waals surface area contributed by atoms with Gasteiger partial charge >= 0.3 is 5.63 Å². The van der Waals surface area contributed by atoms with Crippen molar-refractivity contribution in [2.45, 2.75) is 47.0 Å². The van der Waals surface area contributed by atoms with Crippen molar-refractivity contribution in [1.29, 1.82) is 0 Å². The first kappa shape index (κ1) is 21.8. The van der Waals surface area contributed by atoms with Crippen LogP contribution in [0.4, 0.5) is 4.39 Å². The fourth-order valence-electron chi connectivity index (χ4n) is 4.15. The highest BCUT2D eigenvalue weighted by molar-refractivity contribution is 6.00. The van der Waals surface area contributed by atoms with Gasteiger partial charge in [-0.15, -0.1) is 0 Å². The number of hydrogen-bond acceptors (Lipinski definition) is 4. The highest BCUT2D eigenvalue weighted by Gasteiger charge is 2.19. The number of rotatable bonds is 6. The van der Waals surface area contributed by atoms with Gasteiger partial charge in [-0.05, 0) is 69.4 Å². The van der Waals surface area contributed by atoms with E-state index < -0.39 is 5.63 Å². The van der Waals surface area contributed by atoms with Crippen molar-refractivity contribution in [1.82, 2.24) is 5.32 Å². The highest BCUT2D eigenvalue weighted by Crippen LogP contribution is 2.34. The average Bonchev–Trinajstić information content (AvgIpc) is 3.05. The number of carbonyl (C=O) groups is 1. The molecule has 0 spiro atoms. The number of halogens is 1. The summed E-state index contributed by atoms with van der Waals surface area (Å²) in [6.07, 6.45) is 0.837. The standard InChI is InChI=1S/C26H26FNO4/c1-14-17(4)31-24-16(3)25-21(13-20(14)24)15(2)19(26(30)32-25)9-10-23(29)28-12-11-18-7-5-6-8-22(18)27/h5-8,13H,9-12H2,1-4H3,(H,28,29). The predicted octanol–water partition coefficient (Wildman–Crippen LogP) is 5.20. The highest BCUT2D eigenvalue weighted by atomic mass is 19.1. The second kappa shape index (κ2) is 8.61. The van der Waals surface area contributed by atoms with Crippen LogP contribution in [-0.2, 0) is 17.6 Å². The van der Waals surface area contributed by atoms with E-state index in [1.54, 1.807) is 18.2 Å². The zero-order chi connectivity index (χ0) is 23.0. The van der Waals surface area contributed by atoms with E-state index in [4.69, 9.17) is 8.83 Å². The summed E-state index contributed by atoms with van der Waals surface area (Å²) >= 11 is 0. The summed E-state index contributed by atoms with van der Waals surface area (Å²) < 4.78 is 25.2. The van der Waals surface area contributed by atoms with Gasteiger partial charge < -0.3 is 14.2 Å². The molecule has 6 heteroatoms. The first-order valence-electron chi connectivity index (χ1n) is 10.7. The van der Waals surface area contributed by atoms with E-state index in [0.717, 1.165) is 38.8 Å². The topological polar surface area (TPSA) is 72.5 Å². The normalized spacial score (nSPS) is 11.4. The van der Waals surface area contributed by atoms with Gasteiger partial charge in [-0.1, -0.05) is 18.2 Å². The van der Waals surface area contributed by atoms with Gasteiger partial charge in [0.25, 0.3) is 0 Å². The molecule has 1 amide bonds. The Kier molecular flexibility index (Phi) is 5.87. The van der Waals surface area contributed by atoms with E-state index in [2.05, 4.69) is 5.32 Å². The Morgan fingerprint density at radius 2 is 1.62 bits per heavy atom. The van der Waals surface area contributed by atoms with E-state index in [1.807, 2.05) is 33.8 Å². The van der Waals surface area contributed by atoms with E-state index >= 15 is 0 Å². The zero-order valence-corrected chi connectivity index (χ0v) is 18.7. The molecule has 0 aliphatic heterocycles. The summed E-state index contributed by atoms with van der Waals surface area (Å²) in [5.41, 5.74) is 4.56. The quantitative estimate of drug-likeness (QED) is 0.422. The molecule has 2 heterocycles. The van der Waals surface area contributed by atoms with Crippen LogP contribution in [0.25, 0.3) is 21.9 Å². The third kappa shape index (κ3) is 3.93. The van der Waals surface area contributed by atoms with Gasteiger partial charge in [0, 0.05) is 34.9 Å². The van der Waals surface area contributed by atoms with Crippen molar-refractivity contribution in [3.8, 4) is 0 Å². The number of nitrogens with one attached hydrogen (secondary N) is 1. The molecule has 4 aromatic rings. The van der Waals surface area contributed by atoms with Gasteiger partial charge in [-0.25, -0.2) is 9.18 Å². The average molecular weight is 435 g/mol. The molecule has 0 fully saturated rings. The fraction of sp³-hybridized carbons (Fsp3) is 0.308. The Morgan fingerprint density at radius 3 is 2.38 bits per heavy atom. The number of carbonyl (C=O) groups excluding carboxylic acids is 1. The van der Waals surface area contributed by atoms with E-state index in [1.165, 1.54) is 6.07 Å². The summed E-state index contributed by atoms with van der Waals surface area (Å²) in [5, 5.41) is 4.65. The molecule has 4 rings (SSSR count). The Labute approximate surface area is 185 Å². The monoisotopic (exact) mass is 435 g/mol. The lowest BCUT2D eigenvalue weighted by Gasteiger charge is -2.10. The van der Waals surface area contributed by atoms with Gasteiger partial charge in [0.1, 0.15) is 22.7 Å². The Hall–Kier alpha value is -3.41. The molecule has 2 aromatic heterocycles. The lowest BCUT2D eigenvalue weighted by molar-refractivity contribution is -0.121. The number of furan rings is 1.